The van der Waals surface area contributed by atoms with E-state index in [9.17, 15) is 9.18 Å². The van der Waals surface area contributed by atoms with Crippen molar-refractivity contribution in [2.24, 2.45) is 0 Å². The minimum atomic E-state index is -0.371. The second-order valence-corrected chi connectivity index (χ2v) is 5.76. The van der Waals surface area contributed by atoms with Crippen LogP contribution in [0.3, 0.4) is 0 Å². The highest BCUT2D eigenvalue weighted by molar-refractivity contribution is 5.92. The second-order valence-electron chi connectivity index (χ2n) is 5.76. The van der Waals surface area contributed by atoms with Crippen molar-refractivity contribution in [1.82, 2.24) is 9.97 Å². The Morgan fingerprint density at radius 3 is 2.35 bits per heavy atom. The molecule has 0 bridgehead atoms. The Morgan fingerprint density at radius 1 is 0.846 bits per heavy atom. The molecule has 0 saturated heterocycles. The summed E-state index contributed by atoms with van der Waals surface area (Å²) in [5.74, 6) is 0.519. The van der Waals surface area contributed by atoms with Crippen LogP contribution in [0.5, 0.6) is 0 Å². The quantitative estimate of drug-likeness (QED) is 0.530. The van der Waals surface area contributed by atoms with Crippen molar-refractivity contribution >= 4 is 28.7 Å². The van der Waals surface area contributed by atoms with Crippen molar-refractivity contribution in [3.05, 3.63) is 84.2 Å². The van der Waals surface area contributed by atoms with E-state index in [1.165, 1.54) is 6.07 Å². The lowest BCUT2D eigenvalue weighted by Crippen LogP contribution is -2.00. The number of carbonyl (C=O) groups is 1. The number of fused-ring (bicyclic) bond motifs is 1. The summed E-state index contributed by atoms with van der Waals surface area (Å²) in [4.78, 5) is 19.8. The van der Waals surface area contributed by atoms with Gasteiger partial charge in [-0.2, -0.15) is 0 Å². The summed E-state index contributed by atoms with van der Waals surface area (Å²) in [6, 6.07) is 21.0. The minimum absolute atomic E-state index is 0.314. The number of hydrogen-bond donors (Lipinski definition) is 1. The Kier molecular flexibility index (Phi) is 4.11. The molecule has 0 radical (unpaired) electrons. The van der Waals surface area contributed by atoms with Crippen LogP contribution in [0.4, 0.5) is 15.9 Å². The molecule has 26 heavy (non-hydrogen) atoms. The van der Waals surface area contributed by atoms with Crippen molar-refractivity contribution in [1.29, 1.82) is 0 Å². The smallest absolute Gasteiger partial charge is 0.165 e. The normalized spacial score (nSPS) is 10.7. The molecule has 4 rings (SSSR count). The van der Waals surface area contributed by atoms with Crippen LogP contribution >= 0.6 is 0 Å². The first-order valence-electron chi connectivity index (χ1n) is 8.08. The minimum Gasteiger partial charge on any atom is -0.340 e. The zero-order valence-electron chi connectivity index (χ0n) is 13.7. The van der Waals surface area contributed by atoms with E-state index >= 15 is 0 Å². The van der Waals surface area contributed by atoms with Gasteiger partial charge in [-0.1, -0.05) is 24.3 Å². The third-order valence-corrected chi connectivity index (χ3v) is 4.03. The van der Waals surface area contributed by atoms with E-state index in [1.807, 2.05) is 24.3 Å². The van der Waals surface area contributed by atoms with Gasteiger partial charge in [0.1, 0.15) is 17.9 Å². The maximum absolute atomic E-state index is 14.2. The van der Waals surface area contributed by atoms with Crippen LogP contribution in [0, 0.1) is 5.82 Å². The Balaban J connectivity index is 1.84. The summed E-state index contributed by atoms with van der Waals surface area (Å²) < 4.78 is 14.2. The molecule has 126 valence electrons. The fraction of sp³-hybridized carbons (Fsp3) is 0. The number of halogens is 1. The molecule has 3 aromatic carbocycles. The third-order valence-electron chi connectivity index (χ3n) is 4.03. The SMILES string of the molecule is O=Cc1ccc(Nc2nc(-c3ccccc3F)nc3ccccc23)cc1. The van der Waals surface area contributed by atoms with E-state index in [-0.39, 0.29) is 5.82 Å². The number of anilines is 2. The van der Waals surface area contributed by atoms with E-state index in [1.54, 1.807) is 42.5 Å². The summed E-state index contributed by atoms with van der Waals surface area (Å²) in [7, 11) is 0. The van der Waals surface area contributed by atoms with Crippen LogP contribution in [0.25, 0.3) is 22.3 Å². The van der Waals surface area contributed by atoms with E-state index in [2.05, 4.69) is 15.3 Å². The monoisotopic (exact) mass is 343 g/mol. The summed E-state index contributed by atoms with van der Waals surface area (Å²) in [6.07, 6.45) is 0.792. The van der Waals surface area contributed by atoms with Crippen LogP contribution < -0.4 is 5.32 Å². The number of benzene rings is 3. The van der Waals surface area contributed by atoms with Crippen molar-refractivity contribution in [2.75, 3.05) is 5.32 Å². The molecular weight excluding hydrogens is 329 g/mol. The lowest BCUT2D eigenvalue weighted by atomic mass is 10.1. The molecule has 0 unspecified atom stereocenters. The Hall–Kier alpha value is -3.60. The predicted octanol–water partition coefficient (Wildman–Crippen LogP) is 4.99. The molecule has 4 aromatic rings. The summed E-state index contributed by atoms with van der Waals surface area (Å²) in [5, 5.41) is 4.06. The summed E-state index contributed by atoms with van der Waals surface area (Å²) in [6.45, 7) is 0. The Labute approximate surface area is 149 Å². The number of carbonyl (C=O) groups excluding carboxylic acids is 1. The predicted molar refractivity (Wildman–Crippen MR) is 100 cm³/mol. The van der Waals surface area contributed by atoms with Crippen LogP contribution in [0.2, 0.25) is 0 Å². The molecule has 0 aliphatic heterocycles. The second kappa shape index (κ2) is 6.72. The molecule has 0 fully saturated rings. The average Bonchev–Trinajstić information content (AvgIpc) is 2.69. The van der Waals surface area contributed by atoms with E-state index in [4.69, 9.17) is 0 Å². The van der Waals surface area contributed by atoms with Gasteiger partial charge in [-0.15, -0.1) is 0 Å². The van der Waals surface area contributed by atoms with E-state index < -0.39 is 0 Å². The van der Waals surface area contributed by atoms with Gasteiger partial charge in [0.05, 0.1) is 11.1 Å². The molecule has 0 aliphatic carbocycles. The van der Waals surface area contributed by atoms with Gasteiger partial charge in [-0.25, -0.2) is 14.4 Å². The van der Waals surface area contributed by atoms with Crippen LogP contribution in [-0.2, 0) is 0 Å². The van der Waals surface area contributed by atoms with Gasteiger partial charge in [-0.3, -0.25) is 4.79 Å². The van der Waals surface area contributed by atoms with Crippen molar-refractivity contribution < 1.29 is 9.18 Å². The molecule has 4 nitrogen and oxygen atoms in total. The van der Waals surface area contributed by atoms with Gasteiger partial charge in [0, 0.05) is 16.6 Å². The fourth-order valence-corrected chi connectivity index (χ4v) is 2.72. The largest absolute Gasteiger partial charge is 0.340 e. The van der Waals surface area contributed by atoms with Gasteiger partial charge in [0.25, 0.3) is 0 Å². The number of nitrogens with one attached hydrogen (secondary N) is 1. The molecule has 0 atom stereocenters. The molecule has 5 heteroatoms. The van der Waals surface area contributed by atoms with E-state index in [0.29, 0.717) is 28.3 Å². The Morgan fingerprint density at radius 2 is 1.58 bits per heavy atom. The first kappa shape index (κ1) is 15.9. The standard InChI is InChI=1S/C21H14FN3O/c22-18-7-3-1-5-16(18)20-24-19-8-4-2-6-17(19)21(25-20)23-15-11-9-14(13-26)10-12-15/h1-13H,(H,23,24,25). The molecule has 0 spiro atoms. The highest BCUT2D eigenvalue weighted by Gasteiger charge is 2.12. The van der Waals surface area contributed by atoms with Crippen LogP contribution in [0.15, 0.2) is 72.8 Å². The summed E-state index contributed by atoms with van der Waals surface area (Å²) >= 11 is 0. The lowest BCUT2D eigenvalue weighted by molar-refractivity contribution is 0.112. The molecular formula is C21H14FN3O. The number of hydrogen-bond acceptors (Lipinski definition) is 4. The molecule has 0 aliphatic rings. The highest BCUT2D eigenvalue weighted by atomic mass is 19.1. The molecule has 0 saturated carbocycles. The van der Waals surface area contributed by atoms with Crippen LogP contribution in [-0.4, -0.2) is 16.3 Å². The number of nitrogens with zero attached hydrogens (tertiary/aromatic N) is 2. The number of aldehydes is 1. The maximum Gasteiger partial charge on any atom is 0.165 e. The average molecular weight is 343 g/mol. The van der Waals surface area contributed by atoms with Gasteiger partial charge < -0.3 is 5.32 Å². The maximum atomic E-state index is 14.2. The van der Waals surface area contributed by atoms with Gasteiger partial charge in [0.2, 0.25) is 0 Å². The van der Waals surface area contributed by atoms with Gasteiger partial charge in [-0.05, 0) is 48.5 Å². The fourth-order valence-electron chi connectivity index (χ4n) is 2.72. The molecule has 1 heterocycles. The first-order chi connectivity index (χ1) is 12.7. The zero-order valence-corrected chi connectivity index (χ0v) is 13.7. The van der Waals surface area contributed by atoms with E-state index in [0.717, 1.165) is 17.4 Å². The highest BCUT2D eigenvalue weighted by Crippen LogP contribution is 2.28. The zero-order chi connectivity index (χ0) is 17.9. The van der Waals surface area contributed by atoms with Crippen molar-refractivity contribution in [3.8, 4) is 11.4 Å². The molecule has 1 aromatic heterocycles. The van der Waals surface area contributed by atoms with Crippen molar-refractivity contribution in [3.63, 3.8) is 0 Å². The third kappa shape index (κ3) is 3.02. The van der Waals surface area contributed by atoms with Crippen LogP contribution in [0.1, 0.15) is 10.4 Å². The molecule has 0 amide bonds. The summed E-state index contributed by atoms with van der Waals surface area (Å²) in [5.41, 5.74) is 2.43. The topological polar surface area (TPSA) is 54.9 Å². The van der Waals surface area contributed by atoms with Gasteiger partial charge in [0.15, 0.2) is 5.82 Å². The number of para-hydroxylation sites is 1. The number of aromatic nitrogens is 2. The first-order valence-corrected chi connectivity index (χ1v) is 8.08. The molecule has 1 N–H and O–H groups in total. The van der Waals surface area contributed by atoms with Gasteiger partial charge >= 0.3 is 0 Å². The van der Waals surface area contributed by atoms with Crippen molar-refractivity contribution in [2.45, 2.75) is 0 Å². The lowest BCUT2D eigenvalue weighted by Gasteiger charge is -2.11. The number of rotatable bonds is 4. The Bertz CT molecular complexity index is 1090.